The van der Waals surface area contributed by atoms with Crippen LogP contribution in [0.15, 0.2) is 41.4 Å². The minimum atomic E-state index is -4.44. The zero-order chi connectivity index (χ0) is 21.4. The molecule has 1 spiro atoms. The van der Waals surface area contributed by atoms with Crippen molar-refractivity contribution in [2.24, 2.45) is 4.99 Å². The van der Waals surface area contributed by atoms with E-state index < -0.39 is 17.4 Å². The molecule has 1 fully saturated rings. The Balaban J connectivity index is 1.61. The Labute approximate surface area is 173 Å². The van der Waals surface area contributed by atoms with Gasteiger partial charge in [0.25, 0.3) is 5.91 Å². The van der Waals surface area contributed by atoms with Crippen LogP contribution in [0, 0.1) is 0 Å². The van der Waals surface area contributed by atoms with Gasteiger partial charge in [0.2, 0.25) is 5.91 Å². The maximum atomic E-state index is 13.3. The molecule has 1 aliphatic carbocycles. The molecule has 0 saturated heterocycles. The second-order valence-electron chi connectivity index (χ2n) is 8.07. The lowest BCUT2D eigenvalue weighted by molar-refractivity contribution is -0.141. The third-order valence-corrected chi connectivity index (χ3v) is 6.11. The Hall–Kier alpha value is -2.64. The Bertz CT molecular complexity index is 884. The zero-order valence-corrected chi connectivity index (χ0v) is 16.6. The number of halogens is 3. The maximum Gasteiger partial charge on any atom is 0.416 e. The van der Waals surface area contributed by atoms with Gasteiger partial charge in [0.05, 0.1) is 5.56 Å². The molecule has 2 amide bonds. The van der Waals surface area contributed by atoms with Gasteiger partial charge >= 0.3 is 6.18 Å². The molecule has 3 aliphatic rings. The summed E-state index contributed by atoms with van der Waals surface area (Å²) < 4.78 is 38.7. The van der Waals surface area contributed by atoms with Gasteiger partial charge in [-0.1, -0.05) is 30.7 Å². The van der Waals surface area contributed by atoms with E-state index in [9.17, 15) is 22.8 Å². The van der Waals surface area contributed by atoms with Crippen LogP contribution in [-0.4, -0.2) is 52.6 Å². The van der Waals surface area contributed by atoms with E-state index >= 15 is 0 Å². The number of alkyl halides is 3. The third-order valence-electron chi connectivity index (χ3n) is 6.11. The van der Waals surface area contributed by atoms with Gasteiger partial charge < -0.3 is 9.80 Å². The lowest BCUT2D eigenvalue weighted by atomic mass is 9.88. The summed E-state index contributed by atoms with van der Waals surface area (Å²) in [5, 5.41) is 0. The third kappa shape index (κ3) is 3.87. The molecule has 1 aromatic carbocycles. The number of hydrogen-bond acceptors (Lipinski definition) is 3. The van der Waals surface area contributed by atoms with E-state index in [1.54, 1.807) is 9.80 Å². The first-order valence-electron chi connectivity index (χ1n) is 10.3. The van der Waals surface area contributed by atoms with Crippen LogP contribution < -0.4 is 0 Å². The zero-order valence-electron chi connectivity index (χ0n) is 16.6. The van der Waals surface area contributed by atoms with Gasteiger partial charge in [0.1, 0.15) is 17.9 Å². The molecule has 1 saturated carbocycles. The molecule has 0 aromatic heterocycles. The molecular formula is C22H24F3N3O2. The first-order chi connectivity index (χ1) is 14.3. The number of benzene rings is 1. The SMILES string of the molecule is O=C(CN1C(=O)C(c2ccc(C(F)(F)F)cc2)=NC12CCCCC2)N1CC=CCC1. The van der Waals surface area contributed by atoms with Gasteiger partial charge in [-0.3, -0.25) is 14.6 Å². The van der Waals surface area contributed by atoms with Crippen LogP contribution in [0.1, 0.15) is 49.7 Å². The van der Waals surface area contributed by atoms with Gasteiger partial charge in [-0.25, -0.2) is 0 Å². The van der Waals surface area contributed by atoms with Gasteiger partial charge in [0.15, 0.2) is 0 Å². The number of rotatable bonds is 3. The van der Waals surface area contributed by atoms with Crippen LogP contribution in [0.4, 0.5) is 13.2 Å². The van der Waals surface area contributed by atoms with E-state index in [-0.39, 0.29) is 24.1 Å². The Morgan fingerprint density at radius 3 is 2.37 bits per heavy atom. The first-order valence-corrected chi connectivity index (χ1v) is 10.3. The summed E-state index contributed by atoms with van der Waals surface area (Å²) in [4.78, 5) is 34.1. The van der Waals surface area contributed by atoms with Crippen LogP contribution in [0.5, 0.6) is 0 Å². The fourth-order valence-corrected chi connectivity index (χ4v) is 4.46. The fraction of sp³-hybridized carbons (Fsp3) is 0.500. The lowest BCUT2D eigenvalue weighted by Gasteiger charge is -2.39. The van der Waals surface area contributed by atoms with Crippen LogP contribution in [0.3, 0.4) is 0 Å². The van der Waals surface area contributed by atoms with Gasteiger partial charge in [-0.2, -0.15) is 13.2 Å². The topological polar surface area (TPSA) is 53.0 Å². The van der Waals surface area contributed by atoms with Crippen molar-refractivity contribution in [3.8, 4) is 0 Å². The second-order valence-corrected chi connectivity index (χ2v) is 8.07. The summed E-state index contributed by atoms with van der Waals surface area (Å²) in [6.07, 6.45) is 4.48. The molecule has 30 heavy (non-hydrogen) atoms. The average molecular weight is 419 g/mol. The van der Waals surface area contributed by atoms with Gasteiger partial charge in [-0.05, 0) is 44.2 Å². The van der Waals surface area contributed by atoms with Crippen LogP contribution >= 0.6 is 0 Å². The standard InChI is InChI=1S/C22H24F3N3O2/c23-22(24,25)17-9-7-16(8-10-17)19-20(30)28(21(26-19)11-3-1-4-12-21)15-18(29)27-13-5-2-6-14-27/h2,5,7-10H,1,3-4,6,11-15H2. The minimum absolute atomic E-state index is 0.0552. The van der Waals surface area contributed by atoms with Crippen LogP contribution in [-0.2, 0) is 15.8 Å². The molecule has 5 nitrogen and oxygen atoms in total. The Kier molecular flexibility index (Phi) is 5.42. The van der Waals surface area contributed by atoms with Crippen molar-refractivity contribution in [3.05, 3.63) is 47.5 Å². The summed E-state index contributed by atoms with van der Waals surface area (Å²) in [5.74, 6) is -0.501. The number of amides is 2. The van der Waals surface area contributed by atoms with Crippen molar-refractivity contribution < 1.29 is 22.8 Å². The maximum absolute atomic E-state index is 13.3. The molecule has 2 heterocycles. The molecule has 4 rings (SSSR count). The molecule has 0 N–H and O–H groups in total. The predicted molar refractivity (Wildman–Crippen MR) is 106 cm³/mol. The van der Waals surface area contributed by atoms with Crippen molar-refractivity contribution in [2.45, 2.75) is 50.4 Å². The molecule has 0 radical (unpaired) electrons. The first kappa shape index (κ1) is 20.6. The molecular weight excluding hydrogens is 395 g/mol. The van der Waals surface area contributed by atoms with Crippen molar-refractivity contribution in [1.29, 1.82) is 0 Å². The summed E-state index contributed by atoms with van der Waals surface area (Å²) in [6, 6.07) is 4.51. The summed E-state index contributed by atoms with van der Waals surface area (Å²) in [5.41, 5.74) is -1.03. The second kappa shape index (κ2) is 7.89. The number of nitrogens with zero attached hydrogens (tertiary/aromatic N) is 3. The highest BCUT2D eigenvalue weighted by atomic mass is 19.4. The number of hydrogen-bond donors (Lipinski definition) is 0. The summed E-state index contributed by atoms with van der Waals surface area (Å²) >= 11 is 0. The van der Waals surface area contributed by atoms with E-state index in [1.807, 2.05) is 12.2 Å². The minimum Gasteiger partial charge on any atom is -0.337 e. The largest absolute Gasteiger partial charge is 0.416 e. The van der Waals surface area contributed by atoms with Crippen molar-refractivity contribution in [3.63, 3.8) is 0 Å². The normalized spacial score (nSPS) is 21.3. The van der Waals surface area contributed by atoms with E-state index in [1.165, 1.54) is 12.1 Å². The molecule has 1 aromatic rings. The molecule has 0 unspecified atom stereocenters. The van der Waals surface area contributed by atoms with E-state index in [0.717, 1.165) is 37.8 Å². The van der Waals surface area contributed by atoms with Crippen LogP contribution in [0.2, 0.25) is 0 Å². The van der Waals surface area contributed by atoms with Gasteiger partial charge in [0, 0.05) is 18.7 Å². The molecule has 2 aliphatic heterocycles. The number of carbonyl (C=O) groups is 2. The number of aliphatic imine (C=N–C) groups is 1. The van der Waals surface area contributed by atoms with Crippen molar-refractivity contribution in [1.82, 2.24) is 9.80 Å². The smallest absolute Gasteiger partial charge is 0.337 e. The predicted octanol–water partition coefficient (Wildman–Crippen LogP) is 3.79. The molecule has 0 atom stereocenters. The summed E-state index contributed by atoms with van der Waals surface area (Å²) in [6.45, 7) is 1.10. The molecule has 0 bridgehead atoms. The monoisotopic (exact) mass is 419 g/mol. The Morgan fingerprint density at radius 2 is 1.77 bits per heavy atom. The van der Waals surface area contributed by atoms with E-state index in [0.29, 0.717) is 31.5 Å². The van der Waals surface area contributed by atoms with E-state index in [4.69, 9.17) is 4.99 Å². The quantitative estimate of drug-likeness (QED) is 0.700. The van der Waals surface area contributed by atoms with Crippen molar-refractivity contribution in [2.75, 3.05) is 19.6 Å². The molecule has 160 valence electrons. The highest BCUT2D eigenvalue weighted by molar-refractivity contribution is 6.47. The summed E-state index contributed by atoms with van der Waals surface area (Å²) in [7, 11) is 0. The lowest BCUT2D eigenvalue weighted by Crippen LogP contribution is -2.53. The highest BCUT2D eigenvalue weighted by Gasteiger charge is 2.48. The van der Waals surface area contributed by atoms with E-state index in [2.05, 4.69) is 0 Å². The molecule has 8 heteroatoms. The van der Waals surface area contributed by atoms with Crippen LogP contribution in [0.25, 0.3) is 0 Å². The Morgan fingerprint density at radius 1 is 1.07 bits per heavy atom. The fourth-order valence-electron chi connectivity index (χ4n) is 4.46. The van der Waals surface area contributed by atoms with Crippen molar-refractivity contribution >= 4 is 17.5 Å². The number of carbonyl (C=O) groups excluding carboxylic acids is 2. The van der Waals surface area contributed by atoms with Gasteiger partial charge in [-0.15, -0.1) is 0 Å². The highest BCUT2D eigenvalue weighted by Crippen LogP contribution is 2.40. The average Bonchev–Trinajstić information content (AvgIpc) is 3.00.